The molecule has 8 heteroatoms. The topological polar surface area (TPSA) is 75.4 Å². The molecular formula is C17H20ClN3O3S. The van der Waals surface area contributed by atoms with Crippen LogP contribution in [0.1, 0.15) is 18.2 Å². The van der Waals surface area contributed by atoms with Gasteiger partial charge in [-0.1, -0.05) is 35.0 Å². The van der Waals surface area contributed by atoms with Crippen LogP contribution in [0.15, 0.2) is 34.9 Å². The van der Waals surface area contributed by atoms with Gasteiger partial charge in [0.2, 0.25) is 11.8 Å². The molecule has 0 saturated heterocycles. The first-order chi connectivity index (χ1) is 12.0. The number of halogens is 1. The number of amides is 2. The van der Waals surface area contributed by atoms with Gasteiger partial charge in [0.05, 0.1) is 11.5 Å². The molecule has 134 valence electrons. The molecule has 0 unspecified atom stereocenters. The van der Waals surface area contributed by atoms with Crippen LogP contribution < -0.4 is 5.32 Å². The first kappa shape index (κ1) is 19.3. The lowest BCUT2D eigenvalue weighted by atomic mass is 10.2. The Kier molecular flexibility index (Phi) is 7.33. The lowest BCUT2D eigenvalue weighted by Gasteiger charge is -2.21. The van der Waals surface area contributed by atoms with Gasteiger partial charge in [-0.15, -0.1) is 11.8 Å². The summed E-state index contributed by atoms with van der Waals surface area (Å²) in [6.45, 7) is 4.70. The average molecular weight is 382 g/mol. The second-order valence-electron chi connectivity index (χ2n) is 5.36. The highest BCUT2D eigenvalue weighted by molar-refractivity contribution is 8.00. The maximum atomic E-state index is 12.3. The van der Waals surface area contributed by atoms with Gasteiger partial charge < -0.3 is 14.7 Å². The number of anilines is 1. The molecule has 0 saturated carbocycles. The summed E-state index contributed by atoms with van der Waals surface area (Å²) in [7, 11) is 0. The van der Waals surface area contributed by atoms with Crippen molar-refractivity contribution in [2.24, 2.45) is 0 Å². The van der Waals surface area contributed by atoms with E-state index in [1.54, 1.807) is 24.0 Å². The lowest BCUT2D eigenvalue weighted by molar-refractivity contribution is -0.128. The van der Waals surface area contributed by atoms with E-state index in [1.807, 2.05) is 25.1 Å². The number of aryl methyl sites for hydroxylation is 1. The molecule has 1 aromatic carbocycles. The van der Waals surface area contributed by atoms with Gasteiger partial charge in [0.15, 0.2) is 5.82 Å². The zero-order chi connectivity index (χ0) is 18.2. The van der Waals surface area contributed by atoms with Gasteiger partial charge in [0.1, 0.15) is 5.76 Å². The minimum atomic E-state index is -0.222. The van der Waals surface area contributed by atoms with Crippen molar-refractivity contribution in [2.75, 3.05) is 23.4 Å². The molecule has 1 aromatic heterocycles. The molecule has 0 aliphatic heterocycles. The van der Waals surface area contributed by atoms with Gasteiger partial charge in [0.25, 0.3) is 0 Å². The largest absolute Gasteiger partial charge is 0.360 e. The van der Waals surface area contributed by atoms with Gasteiger partial charge in [-0.3, -0.25) is 9.59 Å². The number of hydrogen-bond donors (Lipinski definition) is 1. The maximum Gasteiger partial charge on any atom is 0.235 e. The molecule has 1 N–H and O–H groups in total. The van der Waals surface area contributed by atoms with Gasteiger partial charge in [-0.2, -0.15) is 0 Å². The Balaban J connectivity index is 1.77. The monoisotopic (exact) mass is 381 g/mol. The fourth-order valence-electron chi connectivity index (χ4n) is 2.14. The molecule has 0 fully saturated rings. The molecule has 0 atom stereocenters. The Morgan fingerprint density at radius 2 is 2.08 bits per heavy atom. The van der Waals surface area contributed by atoms with E-state index in [4.69, 9.17) is 16.1 Å². The summed E-state index contributed by atoms with van der Waals surface area (Å²) in [6, 6.07) is 9.09. The summed E-state index contributed by atoms with van der Waals surface area (Å²) in [5.41, 5.74) is 0.906. The van der Waals surface area contributed by atoms with Crippen LogP contribution in [0, 0.1) is 6.92 Å². The second-order valence-corrected chi connectivity index (χ2v) is 6.76. The van der Waals surface area contributed by atoms with Crippen LogP contribution >= 0.6 is 23.4 Å². The molecule has 0 aliphatic carbocycles. The molecule has 25 heavy (non-hydrogen) atoms. The molecule has 2 amide bonds. The third kappa shape index (κ3) is 6.10. The Bertz CT molecular complexity index is 735. The summed E-state index contributed by atoms with van der Waals surface area (Å²) in [6.07, 6.45) is 0. The number of carbonyl (C=O) groups excluding carboxylic acids is 2. The van der Waals surface area contributed by atoms with Gasteiger partial charge in [-0.05, 0) is 25.5 Å². The summed E-state index contributed by atoms with van der Waals surface area (Å²) in [5.74, 6) is 1.14. The summed E-state index contributed by atoms with van der Waals surface area (Å²) >= 11 is 7.40. The predicted octanol–water partition coefficient (Wildman–Crippen LogP) is 3.36. The Morgan fingerprint density at radius 3 is 2.72 bits per heavy atom. The van der Waals surface area contributed by atoms with Crippen LogP contribution in [0.4, 0.5) is 5.82 Å². The van der Waals surface area contributed by atoms with Crippen LogP contribution in [0.2, 0.25) is 5.02 Å². The van der Waals surface area contributed by atoms with Crippen molar-refractivity contribution in [1.82, 2.24) is 10.1 Å². The van der Waals surface area contributed by atoms with Crippen molar-refractivity contribution in [3.8, 4) is 0 Å². The van der Waals surface area contributed by atoms with E-state index >= 15 is 0 Å². The standard InChI is InChI=1S/C17H20ClN3O3S/c1-3-21(9-13-6-4-5-7-14(13)18)17(23)11-25-10-16(22)19-15-8-12(2)24-20-15/h4-8H,3,9-11H2,1-2H3,(H,19,20,22). The van der Waals surface area contributed by atoms with Crippen molar-refractivity contribution < 1.29 is 14.1 Å². The van der Waals surface area contributed by atoms with E-state index < -0.39 is 0 Å². The van der Waals surface area contributed by atoms with Crippen LogP contribution in [0.5, 0.6) is 0 Å². The van der Waals surface area contributed by atoms with Crippen LogP contribution in [0.3, 0.4) is 0 Å². The Morgan fingerprint density at radius 1 is 1.32 bits per heavy atom. The van der Waals surface area contributed by atoms with Crippen LogP contribution in [0.25, 0.3) is 0 Å². The number of carbonyl (C=O) groups is 2. The number of nitrogens with zero attached hydrogens (tertiary/aromatic N) is 2. The summed E-state index contributed by atoms with van der Waals surface area (Å²) < 4.78 is 4.88. The number of rotatable bonds is 8. The zero-order valence-electron chi connectivity index (χ0n) is 14.1. The number of thioether (sulfide) groups is 1. The first-order valence-corrected chi connectivity index (χ1v) is 9.35. The van der Waals surface area contributed by atoms with Crippen molar-refractivity contribution in [3.63, 3.8) is 0 Å². The minimum Gasteiger partial charge on any atom is -0.360 e. The van der Waals surface area contributed by atoms with Gasteiger partial charge in [-0.25, -0.2) is 0 Å². The number of hydrogen-bond acceptors (Lipinski definition) is 5. The maximum absolute atomic E-state index is 12.3. The molecule has 2 aromatic rings. The normalized spacial score (nSPS) is 10.5. The van der Waals surface area contributed by atoms with Crippen molar-refractivity contribution in [2.45, 2.75) is 20.4 Å². The average Bonchev–Trinajstić information content (AvgIpc) is 2.98. The number of nitrogens with one attached hydrogen (secondary N) is 1. The highest BCUT2D eigenvalue weighted by atomic mass is 35.5. The Labute approximate surface area is 155 Å². The minimum absolute atomic E-state index is 0.0301. The summed E-state index contributed by atoms with van der Waals surface area (Å²) in [4.78, 5) is 25.9. The second kappa shape index (κ2) is 9.48. The van der Waals surface area contributed by atoms with Crippen molar-refractivity contribution >= 4 is 41.0 Å². The number of benzene rings is 1. The quantitative estimate of drug-likeness (QED) is 0.758. The van der Waals surface area contributed by atoms with Gasteiger partial charge in [0, 0.05) is 24.2 Å². The van der Waals surface area contributed by atoms with Crippen LogP contribution in [-0.4, -0.2) is 39.9 Å². The SMILES string of the molecule is CCN(Cc1ccccc1Cl)C(=O)CSCC(=O)Nc1cc(C)on1. The summed E-state index contributed by atoms with van der Waals surface area (Å²) in [5, 5.41) is 6.95. The Hall–Kier alpha value is -1.99. The molecule has 0 bridgehead atoms. The molecule has 1 heterocycles. The third-order valence-electron chi connectivity index (χ3n) is 3.41. The van der Waals surface area contributed by atoms with Gasteiger partial charge >= 0.3 is 0 Å². The smallest absolute Gasteiger partial charge is 0.235 e. The lowest BCUT2D eigenvalue weighted by Crippen LogP contribution is -2.32. The van der Waals surface area contributed by atoms with Crippen molar-refractivity contribution in [3.05, 3.63) is 46.7 Å². The molecule has 0 radical (unpaired) electrons. The fourth-order valence-corrected chi connectivity index (χ4v) is 3.05. The molecular weight excluding hydrogens is 362 g/mol. The molecule has 2 rings (SSSR count). The third-order valence-corrected chi connectivity index (χ3v) is 4.69. The van der Waals surface area contributed by atoms with E-state index in [-0.39, 0.29) is 23.3 Å². The van der Waals surface area contributed by atoms with Crippen LogP contribution in [-0.2, 0) is 16.1 Å². The van der Waals surface area contributed by atoms with E-state index in [1.165, 1.54) is 11.8 Å². The highest BCUT2D eigenvalue weighted by Gasteiger charge is 2.15. The molecule has 0 spiro atoms. The van der Waals surface area contributed by atoms with E-state index in [2.05, 4.69) is 10.5 Å². The highest BCUT2D eigenvalue weighted by Crippen LogP contribution is 2.17. The van der Waals surface area contributed by atoms with E-state index in [0.717, 1.165) is 5.56 Å². The predicted molar refractivity (Wildman–Crippen MR) is 99.7 cm³/mol. The molecule has 6 nitrogen and oxygen atoms in total. The number of aromatic nitrogens is 1. The first-order valence-electron chi connectivity index (χ1n) is 7.81. The van der Waals surface area contributed by atoms with E-state index in [9.17, 15) is 9.59 Å². The fraction of sp³-hybridized carbons (Fsp3) is 0.353. The van der Waals surface area contributed by atoms with E-state index in [0.29, 0.717) is 29.7 Å². The zero-order valence-corrected chi connectivity index (χ0v) is 15.7. The van der Waals surface area contributed by atoms with Crippen molar-refractivity contribution in [1.29, 1.82) is 0 Å². The molecule has 0 aliphatic rings.